The van der Waals surface area contributed by atoms with Gasteiger partial charge in [-0.05, 0) is 35.8 Å². The van der Waals surface area contributed by atoms with Crippen molar-refractivity contribution in [3.8, 4) is 5.75 Å². The van der Waals surface area contributed by atoms with Crippen LogP contribution in [0, 0.1) is 0 Å². The maximum absolute atomic E-state index is 10.7. The second-order valence-corrected chi connectivity index (χ2v) is 11.0. The number of hydrogen-bond donors (Lipinski definition) is 0. The van der Waals surface area contributed by atoms with Gasteiger partial charge in [0.05, 0.1) is 0 Å². The molecule has 1 rings (SSSR count). The molecular formula is C15H24O3Si. The highest BCUT2D eigenvalue weighted by Gasteiger charge is 2.38. The van der Waals surface area contributed by atoms with E-state index < -0.39 is 8.32 Å². The zero-order valence-corrected chi connectivity index (χ0v) is 13.7. The van der Waals surface area contributed by atoms with E-state index in [4.69, 9.17) is 9.16 Å². The molecule has 0 saturated heterocycles. The minimum absolute atomic E-state index is 0.184. The normalized spacial score (nSPS) is 12.1. The van der Waals surface area contributed by atoms with E-state index in [2.05, 4.69) is 33.9 Å². The van der Waals surface area contributed by atoms with Gasteiger partial charge in [0.25, 0.3) is 0 Å². The fraction of sp³-hybridized carbons (Fsp3) is 0.533. The molecule has 0 aliphatic carbocycles. The lowest BCUT2D eigenvalue weighted by atomic mass is 10.2. The third-order valence-corrected chi connectivity index (χ3v) is 7.90. The van der Waals surface area contributed by atoms with Crippen molar-refractivity contribution in [2.45, 2.75) is 52.4 Å². The summed E-state index contributed by atoms with van der Waals surface area (Å²) in [5.74, 6) is 0.625. The quantitative estimate of drug-likeness (QED) is 0.614. The molecule has 3 nitrogen and oxygen atoms in total. The Morgan fingerprint density at radius 2 is 1.68 bits per heavy atom. The minimum atomic E-state index is -1.78. The van der Waals surface area contributed by atoms with Gasteiger partial charge in [-0.25, -0.2) is 0 Å². The van der Waals surface area contributed by atoms with E-state index in [1.165, 1.54) is 6.92 Å². The average molecular weight is 280 g/mol. The molecule has 0 spiro atoms. The van der Waals surface area contributed by atoms with Crippen LogP contribution in [0.1, 0.15) is 33.3 Å². The van der Waals surface area contributed by atoms with Gasteiger partial charge in [-0.15, -0.1) is 0 Å². The van der Waals surface area contributed by atoms with Gasteiger partial charge in [-0.1, -0.05) is 32.9 Å². The molecule has 0 aromatic heterocycles. The molecule has 0 N–H and O–H groups in total. The van der Waals surface area contributed by atoms with Gasteiger partial charge >= 0.3 is 5.97 Å². The van der Waals surface area contributed by atoms with Crippen LogP contribution in [0.4, 0.5) is 0 Å². The Kier molecular flexibility index (Phi) is 4.79. The predicted octanol–water partition coefficient (Wildman–Crippen LogP) is 4.13. The lowest BCUT2D eigenvalue weighted by molar-refractivity contribution is -0.142. The molecule has 1 aromatic rings. The lowest BCUT2D eigenvalue weighted by Crippen LogP contribution is -2.43. The van der Waals surface area contributed by atoms with Crippen molar-refractivity contribution in [3.05, 3.63) is 29.8 Å². The van der Waals surface area contributed by atoms with E-state index >= 15 is 0 Å². The van der Waals surface area contributed by atoms with Crippen molar-refractivity contribution in [3.63, 3.8) is 0 Å². The minimum Gasteiger partial charge on any atom is -0.544 e. The molecule has 0 saturated carbocycles. The highest BCUT2D eigenvalue weighted by molar-refractivity contribution is 6.74. The molecule has 0 heterocycles. The maximum Gasteiger partial charge on any atom is 0.302 e. The SMILES string of the molecule is CC(=O)OCc1ccc(O[Si](C)(C)C(C)(C)C)cc1. The van der Waals surface area contributed by atoms with Crippen LogP contribution in [0.15, 0.2) is 24.3 Å². The van der Waals surface area contributed by atoms with Gasteiger partial charge in [-0.2, -0.15) is 0 Å². The number of carbonyl (C=O) groups excluding carboxylic acids is 1. The van der Waals surface area contributed by atoms with Crippen LogP contribution in [0.2, 0.25) is 18.1 Å². The first-order valence-electron chi connectivity index (χ1n) is 6.53. The van der Waals surface area contributed by atoms with Crippen molar-refractivity contribution in [2.75, 3.05) is 0 Å². The van der Waals surface area contributed by atoms with Crippen LogP contribution in [0.5, 0.6) is 5.75 Å². The molecular weight excluding hydrogens is 256 g/mol. The van der Waals surface area contributed by atoms with Crippen LogP contribution in [-0.2, 0) is 16.1 Å². The maximum atomic E-state index is 10.7. The van der Waals surface area contributed by atoms with E-state index in [1.54, 1.807) is 0 Å². The molecule has 0 atom stereocenters. The number of esters is 1. The number of rotatable bonds is 4. The zero-order chi connectivity index (χ0) is 14.7. The van der Waals surface area contributed by atoms with E-state index in [-0.39, 0.29) is 11.0 Å². The van der Waals surface area contributed by atoms with Crippen molar-refractivity contribution >= 4 is 14.3 Å². The Morgan fingerprint density at radius 3 is 2.11 bits per heavy atom. The summed E-state index contributed by atoms with van der Waals surface area (Å²) in [5, 5.41) is 0.184. The number of carbonyl (C=O) groups is 1. The van der Waals surface area contributed by atoms with Crippen molar-refractivity contribution in [1.29, 1.82) is 0 Å². The number of hydrogen-bond acceptors (Lipinski definition) is 3. The van der Waals surface area contributed by atoms with Gasteiger partial charge in [0, 0.05) is 6.92 Å². The van der Waals surface area contributed by atoms with Crippen LogP contribution >= 0.6 is 0 Å². The fourth-order valence-electron chi connectivity index (χ4n) is 1.29. The first-order chi connectivity index (χ1) is 8.62. The molecule has 4 heteroatoms. The summed E-state index contributed by atoms with van der Waals surface area (Å²) >= 11 is 0. The average Bonchev–Trinajstić information content (AvgIpc) is 2.26. The Labute approximate surface area is 117 Å². The van der Waals surface area contributed by atoms with E-state index in [9.17, 15) is 4.79 Å². The van der Waals surface area contributed by atoms with Crippen molar-refractivity contribution in [1.82, 2.24) is 0 Å². The molecule has 1 aromatic carbocycles. The Bertz CT molecular complexity index is 430. The van der Waals surface area contributed by atoms with Crippen LogP contribution < -0.4 is 4.43 Å². The van der Waals surface area contributed by atoms with Gasteiger partial charge in [0.2, 0.25) is 8.32 Å². The molecule has 0 aliphatic heterocycles. The first-order valence-corrected chi connectivity index (χ1v) is 9.44. The highest BCUT2D eigenvalue weighted by Crippen LogP contribution is 2.37. The van der Waals surface area contributed by atoms with E-state index in [0.717, 1.165) is 11.3 Å². The summed E-state index contributed by atoms with van der Waals surface area (Å²) in [4.78, 5) is 10.7. The largest absolute Gasteiger partial charge is 0.544 e. The molecule has 19 heavy (non-hydrogen) atoms. The summed E-state index contributed by atoms with van der Waals surface area (Å²) < 4.78 is 11.1. The van der Waals surface area contributed by atoms with Gasteiger partial charge in [0.15, 0.2) is 0 Å². The zero-order valence-electron chi connectivity index (χ0n) is 12.7. The Balaban J connectivity index is 2.69. The monoisotopic (exact) mass is 280 g/mol. The van der Waals surface area contributed by atoms with Gasteiger partial charge in [-0.3, -0.25) is 4.79 Å². The number of benzene rings is 1. The third kappa shape index (κ3) is 4.71. The summed E-state index contributed by atoms with van der Waals surface area (Å²) in [7, 11) is -1.78. The van der Waals surface area contributed by atoms with Gasteiger partial charge < -0.3 is 9.16 Å². The Morgan fingerprint density at radius 1 is 1.16 bits per heavy atom. The summed E-state index contributed by atoms with van der Waals surface area (Å²) in [6.45, 7) is 12.8. The molecule has 0 unspecified atom stereocenters. The summed E-state index contributed by atoms with van der Waals surface area (Å²) in [6, 6.07) is 7.76. The highest BCUT2D eigenvalue weighted by atomic mass is 28.4. The third-order valence-electron chi connectivity index (χ3n) is 3.54. The lowest BCUT2D eigenvalue weighted by Gasteiger charge is -2.36. The first kappa shape index (κ1) is 15.8. The molecule has 0 bridgehead atoms. The molecule has 0 fully saturated rings. The van der Waals surface area contributed by atoms with E-state index in [1.807, 2.05) is 24.3 Å². The second kappa shape index (κ2) is 5.78. The fourth-order valence-corrected chi connectivity index (χ4v) is 2.32. The number of ether oxygens (including phenoxy) is 1. The van der Waals surface area contributed by atoms with Crippen LogP contribution in [0.3, 0.4) is 0 Å². The topological polar surface area (TPSA) is 35.5 Å². The second-order valence-electron chi connectivity index (χ2n) is 6.29. The Hall–Kier alpha value is -1.29. The molecule has 0 amide bonds. The molecule has 0 radical (unpaired) electrons. The van der Waals surface area contributed by atoms with E-state index in [0.29, 0.717) is 6.61 Å². The van der Waals surface area contributed by atoms with Crippen molar-refractivity contribution < 1.29 is 14.0 Å². The predicted molar refractivity (Wildman–Crippen MR) is 79.7 cm³/mol. The summed E-state index contributed by atoms with van der Waals surface area (Å²) in [6.07, 6.45) is 0. The van der Waals surface area contributed by atoms with Crippen molar-refractivity contribution in [2.24, 2.45) is 0 Å². The standard InChI is InChI=1S/C15H24O3Si/c1-12(16)17-11-13-7-9-14(10-8-13)18-19(5,6)15(2,3)4/h7-10H,11H2,1-6H3. The smallest absolute Gasteiger partial charge is 0.302 e. The molecule has 106 valence electrons. The van der Waals surface area contributed by atoms with Gasteiger partial charge in [0.1, 0.15) is 12.4 Å². The van der Waals surface area contributed by atoms with Crippen LogP contribution in [-0.4, -0.2) is 14.3 Å². The van der Waals surface area contributed by atoms with Crippen LogP contribution in [0.25, 0.3) is 0 Å². The summed E-state index contributed by atoms with van der Waals surface area (Å²) in [5.41, 5.74) is 0.970. The molecule has 0 aliphatic rings.